The molecule has 0 unspecified atom stereocenters. The number of carboxylic acids is 1. The maximum Gasteiger partial charge on any atom is 0.341 e. The highest BCUT2D eigenvalue weighted by Gasteiger charge is 2.15. The Labute approximate surface area is 158 Å². The molecule has 128 valence electrons. The van der Waals surface area contributed by atoms with Crippen LogP contribution in [-0.4, -0.2) is 27.9 Å². The first-order chi connectivity index (χ1) is 11.3. The summed E-state index contributed by atoms with van der Waals surface area (Å²) in [6.07, 6.45) is 0. The Kier molecular flexibility index (Phi) is 6.57. The van der Waals surface area contributed by atoms with Gasteiger partial charge in [0.05, 0.1) is 14.9 Å². The number of ether oxygens (including phenoxy) is 1. The van der Waals surface area contributed by atoms with Crippen LogP contribution in [0, 0.1) is 0 Å². The molecule has 9 heteroatoms. The molecule has 1 aromatic heterocycles. The summed E-state index contributed by atoms with van der Waals surface area (Å²) in [5.41, 5.74) is 0.878. The fraction of sp³-hybridized carbons (Fsp3) is 0.267. The number of carbonyl (C=O) groups is 1. The van der Waals surface area contributed by atoms with Gasteiger partial charge in [0.25, 0.3) is 0 Å². The summed E-state index contributed by atoms with van der Waals surface area (Å²) in [5, 5.41) is 18.2. The lowest BCUT2D eigenvalue weighted by atomic mass is 10.1. The molecule has 0 saturated heterocycles. The summed E-state index contributed by atoms with van der Waals surface area (Å²) in [6.45, 7) is 3.54. The number of carboxylic acid groups (broad SMARTS) is 1. The van der Waals surface area contributed by atoms with Crippen LogP contribution < -0.4 is 4.74 Å². The molecule has 0 radical (unpaired) electrons. The maximum atomic E-state index is 10.5. The quantitative estimate of drug-likeness (QED) is 0.711. The van der Waals surface area contributed by atoms with Crippen molar-refractivity contribution in [3.8, 4) is 5.75 Å². The molecule has 0 aliphatic rings. The Balaban J connectivity index is 2.27. The third-order valence-electron chi connectivity index (χ3n) is 2.92. The van der Waals surface area contributed by atoms with E-state index in [0.717, 1.165) is 5.56 Å². The lowest BCUT2D eigenvalue weighted by Crippen LogP contribution is -2.09. The second-order valence-corrected chi connectivity index (χ2v) is 7.29. The first-order valence-corrected chi connectivity index (χ1v) is 8.77. The SMILES string of the molecule is CC(C)c1cc(Sc2c(Cl)cc(OCC(=O)O)cc2Cl)nnc1Cl. The van der Waals surface area contributed by atoms with Gasteiger partial charge in [-0.1, -0.05) is 60.4 Å². The van der Waals surface area contributed by atoms with Crippen LogP contribution in [-0.2, 0) is 4.79 Å². The van der Waals surface area contributed by atoms with Gasteiger partial charge in [0.2, 0.25) is 0 Å². The van der Waals surface area contributed by atoms with E-state index >= 15 is 0 Å². The topological polar surface area (TPSA) is 72.3 Å². The molecule has 0 atom stereocenters. The second-order valence-electron chi connectivity index (χ2n) is 5.08. The Morgan fingerprint density at radius 2 is 1.83 bits per heavy atom. The predicted octanol–water partition coefficient (Wildman–Crippen LogP) is 5.17. The Hall–Kier alpha value is -1.21. The van der Waals surface area contributed by atoms with E-state index in [1.807, 2.05) is 19.9 Å². The molecule has 5 nitrogen and oxygen atoms in total. The van der Waals surface area contributed by atoms with Crippen LogP contribution in [0.4, 0.5) is 0 Å². The van der Waals surface area contributed by atoms with Crippen molar-refractivity contribution < 1.29 is 14.6 Å². The molecule has 0 aliphatic heterocycles. The van der Waals surface area contributed by atoms with Crippen LogP contribution in [0.25, 0.3) is 0 Å². The lowest BCUT2D eigenvalue weighted by Gasteiger charge is -2.11. The Morgan fingerprint density at radius 1 is 1.21 bits per heavy atom. The lowest BCUT2D eigenvalue weighted by molar-refractivity contribution is -0.139. The smallest absolute Gasteiger partial charge is 0.341 e. The minimum Gasteiger partial charge on any atom is -0.482 e. The molecule has 0 aliphatic carbocycles. The van der Waals surface area contributed by atoms with E-state index in [1.165, 1.54) is 23.9 Å². The monoisotopic (exact) mass is 406 g/mol. The zero-order chi connectivity index (χ0) is 17.9. The van der Waals surface area contributed by atoms with Crippen LogP contribution in [0.15, 0.2) is 28.1 Å². The van der Waals surface area contributed by atoms with E-state index in [4.69, 9.17) is 44.6 Å². The van der Waals surface area contributed by atoms with Gasteiger partial charge in [0.1, 0.15) is 10.8 Å². The number of hydrogen-bond acceptors (Lipinski definition) is 5. The molecule has 0 amide bonds. The molecule has 1 N–H and O–H groups in total. The first-order valence-electron chi connectivity index (χ1n) is 6.82. The van der Waals surface area contributed by atoms with Crippen LogP contribution in [0.5, 0.6) is 5.75 Å². The maximum absolute atomic E-state index is 10.5. The van der Waals surface area contributed by atoms with Crippen molar-refractivity contribution in [2.45, 2.75) is 29.7 Å². The predicted molar refractivity (Wildman–Crippen MR) is 94.8 cm³/mol. The minimum atomic E-state index is -1.08. The van der Waals surface area contributed by atoms with Gasteiger partial charge in [-0.25, -0.2) is 4.79 Å². The van der Waals surface area contributed by atoms with E-state index in [9.17, 15) is 4.79 Å². The highest BCUT2D eigenvalue weighted by Crippen LogP contribution is 2.41. The highest BCUT2D eigenvalue weighted by molar-refractivity contribution is 7.99. The number of aliphatic carboxylic acids is 1. The zero-order valence-electron chi connectivity index (χ0n) is 12.7. The standard InChI is InChI=1S/C15H13Cl3N2O3S/c1-7(2)9-5-12(19-20-15(9)18)24-14-10(16)3-8(4-11(14)17)23-6-13(21)22/h3-5,7H,6H2,1-2H3,(H,21,22). The van der Waals surface area contributed by atoms with Gasteiger partial charge in [0.15, 0.2) is 11.8 Å². The summed E-state index contributed by atoms with van der Waals surface area (Å²) in [6, 6.07) is 4.85. The third-order valence-corrected chi connectivity index (χ3v) is 5.08. The highest BCUT2D eigenvalue weighted by atomic mass is 35.5. The number of benzene rings is 1. The number of nitrogens with zero attached hydrogens (tertiary/aromatic N) is 2. The first kappa shape index (κ1) is 19.1. The molecule has 0 spiro atoms. The molecule has 2 aromatic rings. The summed E-state index contributed by atoms with van der Waals surface area (Å²) < 4.78 is 5.08. The average molecular weight is 408 g/mol. The van der Waals surface area contributed by atoms with Crippen molar-refractivity contribution in [2.75, 3.05) is 6.61 Å². The molecule has 0 saturated carbocycles. The van der Waals surface area contributed by atoms with Gasteiger partial charge in [0, 0.05) is 12.1 Å². The fourth-order valence-electron chi connectivity index (χ4n) is 1.79. The van der Waals surface area contributed by atoms with Crippen molar-refractivity contribution in [2.24, 2.45) is 0 Å². The van der Waals surface area contributed by atoms with Gasteiger partial charge in [-0.3, -0.25) is 0 Å². The van der Waals surface area contributed by atoms with Crippen molar-refractivity contribution in [3.63, 3.8) is 0 Å². The third kappa shape index (κ3) is 4.89. The van der Waals surface area contributed by atoms with Gasteiger partial charge in [-0.05, 0) is 17.5 Å². The van der Waals surface area contributed by atoms with Crippen LogP contribution in [0.1, 0.15) is 25.3 Å². The van der Waals surface area contributed by atoms with Crippen molar-refractivity contribution in [1.29, 1.82) is 0 Å². The summed E-state index contributed by atoms with van der Waals surface area (Å²) in [4.78, 5) is 11.1. The number of halogens is 3. The largest absolute Gasteiger partial charge is 0.482 e. The Bertz CT molecular complexity index is 749. The molecule has 0 fully saturated rings. The zero-order valence-corrected chi connectivity index (χ0v) is 15.8. The van der Waals surface area contributed by atoms with Crippen molar-refractivity contribution in [1.82, 2.24) is 10.2 Å². The van der Waals surface area contributed by atoms with E-state index in [0.29, 0.717) is 25.1 Å². The Morgan fingerprint density at radius 3 is 2.38 bits per heavy atom. The number of hydrogen-bond donors (Lipinski definition) is 1. The molecule has 24 heavy (non-hydrogen) atoms. The summed E-state index contributed by atoms with van der Waals surface area (Å²) >= 11 is 19.7. The van der Waals surface area contributed by atoms with Crippen molar-refractivity contribution in [3.05, 3.63) is 39.0 Å². The molecule has 1 aromatic carbocycles. The molecule has 0 bridgehead atoms. The second kappa shape index (κ2) is 8.25. The van der Waals surface area contributed by atoms with E-state index in [1.54, 1.807) is 0 Å². The van der Waals surface area contributed by atoms with Gasteiger partial charge < -0.3 is 9.84 Å². The van der Waals surface area contributed by atoms with Gasteiger partial charge >= 0.3 is 5.97 Å². The van der Waals surface area contributed by atoms with Gasteiger partial charge in [-0.15, -0.1) is 10.2 Å². The van der Waals surface area contributed by atoms with E-state index in [-0.39, 0.29) is 11.7 Å². The average Bonchev–Trinajstić information content (AvgIpc) is 2.50. The van der Waals surface area contributed by atoms with E-state index in [2.05, 4.69) is 10.2 Å². The summed E-state index contributed by atoms with van der Waals surface area (Å²) in [5.74, 6) is -0.606. The normalized spacial score (nSPS) is 10.9. The van der Waals surface area contributed by atoms with Crippen LogP contribution >= 0.6 is 46.6 Å². The van der Waals surface area contributed by atoms with Gasteiger partial charge in [-0.2, -0.15) is 0 Å². The minimum absolute atomic E-state index is 0.199. The number of aromatic nitrogens is 2. The molecular formula is C15H13Cl3N2O3S. The van der Waals surface area contributed by atoms with Crippen molar-refractivity contribution >= 4 is 52.5 Å². The fourth-order valence-corrected chi connectivity index (χ4v) is 3.59. The summed E-state index contributed by atoms with van der Waals surface area (Å²) in [7, 11) is 0. The molecule has 1 heterocycles. The van der Waals surface area contributed by atoms with Crippen LogP contribution in [0.3, 0.4) is 0 Å². The molecular weight excluding hydrogens is 395 g/mol. The number of rotatable bonds is 6. The van der Waals surface area contributed by atoms with Crippen LogP contribution in [0.2, 0.25) is 15.2 Å². The molecule has 2 rings (SSSR count). The van der Waals surface area contributed by atoms with E-state index < -0.39 is 12.6 Å².